The minimum atomic E-state index is -1.07. The van der Waals surface area contributed by atoms with Crippen molar-refractivity contribution < 1.29 is 14.7 Å². The average Bonchev–Trinajstić information content (AvgIpc) is 2.94. The number of amides is 1. The average molecular weight is 282 g/mol. The summed E-state index contributed by atoms with van der Waals surface area (Å²) in [4.78, 5) is 27.9. The molecule has 1 amide bonds. The molecule has 18 heavy (non-hydrogen) atoms. The van der Waals surface area contributed by atoms with Crippen LogP contribution in [0.5, 0.6) is 0 Å². The van der Waals surface area contributed by atoms with Gasteiger partial charge >= 0.3 is 5.97 Å². The Morgan fingerprint density at radius 2 is 2.28 bits per heavy atom. The third-order valence-electron chi connectivity index (χ3n) is 2.13. The lowest BCUT2D eigenvalue weighted by Gasteiger charge is -1.99. The predicted octanol–water partition coefficient (Wildman–Crippen LogP) is 1.99. The van der Waals surface area contributed by atoms with Crippen LogP contribution in [0, 0.1) is 6.92 Å². The zero-order chi connectivity index (χ0) is 13.1. The number of nitrogens with zero attached hydrogens (tertiary/aromatic N) is 1. The second-order valence-electron chi connectivity index (χ2n) is 3.49. The van der Waals surface area contributed by atoms with E-state index in [9.17, 15) is 9.59 Å². The van der Waals surface area contributed by atoms with Gasteiger partial charge in [-0.15, -0.1) is 22.7 Å². The third kappa shape index (κ3) is 2.74. The standard InChI is InChI=1S/C11H10N2O3S2/c1-6-9(10(16)12-5-8(14)15)18-11(13-6)7-3-2-4-17-7/h2-4H,5H2,1H3,(H,12,16)(H,14,15). The Balaban J connectivity index is 2.19. The Kier molecular flexibility index (Phi) is 3.73. The van der Waals surface area contributed by atoms with Gasteiger partial charge in [0.2, 0.25) is 0 Å². The van der Waals surface area contributed by atoms with Crippen LogP contribution < -0.4 is 5.32 Å². The zero-order valence-electron chi connectivity index (χ0n) is 9.47. The minimum absolute atomic E-state index is 0.384. The van der Waals surface area contributed by atoms with Crippen LogP contribution in [0.3, 0.4) is 0 Å². The van der Waals surface area contributed by atoms with Crippen molar-refractivity contribution in [1.29, 1.82) is 0 Å². The fourth-order valence-electron chi connectivity index (χ4n) is 1.35. The molecule has 94 valence electrons. The number of hydrogen-bond acceptors (Lipinski definition) is 5. The Hall–Kier alpha value is -1.73. The Morgan fingerprint density at radius 1 is 1.50 bits per heavy atom. The molecule has 0 saturated heterocycles. The largest absolute Gasteiger partial charge is 0.480 e. The quantitative estimate of drug-likeness (QED) is 0.899. The van der Waals surface area contributed by atoms with E-state index >= 15 is 0 Å². The minimum Gasteiger partial charge on any atom is -0.480 e. The van der Waals surface area contributed by atoms with Crippen molar-refractivity contribution in [2.75, 3.05) is 6.54 Å². The van der Waals surface area contributed by atoms with E-state index in [2.05, 4.69) is 10.3 Å². The fraction of sp³-hybridized carbons (Fsp3) is 0.182. The molecular formula is C11H10N2O3S2. The Morgan fingerprint density at radius 3 is 2.89 bits per heavy atom. The summed E-state index contributed by atoms with van der Waals surface area (Å²) in [7, 11) is 0. The van der Waals surface area contributed by atoms with Crippen LogP contribution in [0.4, 0.5) is 0 Å². The summed E-state index contributed by atoms with van der Waals surface area (Å²) in [5.41, 5.74) is 0.617. The molecule has 2 aromatic rings. The molecule has 2 N–H and O–H groups in total. The maximum absolute atomic E-state index is 11.8. The van der Waals surface area contributed by atoms with Gasteiger partial charge in [-0.1, -0.05) is 6.07 Å². The number of aryl methyl sites for hydroxylation is 1. The van der Waals surface area contributed by atoms with Gasteiger partial charge in [0.15, 0.2) is 0 Å². The Labute approximate surface area is 111 Å². The number of nitrogens with one attached hydrogen (secondary N) is 1. The van der Waals surface area contributed by atoms with Gasteiger partial charge in [-0.05, 0) is 18.4 Å². The molecule has 0 bridgehead atoms. The van der Waals surface area contributed by atoms with E-state index in [0.29, 0.717) is 10.6 Å². The molecule has 0 radical (unpaired) electrons. The lowest BCUT2D eigenvalue weighted by molar-refractivity contribution is -0.135. The molecule has 0 atom stereocenters. The smallest absolute Gasteiger partial charge is 0.322 e. The van der Waals surface area contributed by atoms with Crippen molar-refractivity contribution in [2.45, 2.75) is 6.92 Å². The van der Waals surface area contributed by atoms with Crippen LogP contribution in [0.15, 0.2) is 17.5 Å². The molecule has 0 aliphatic carbocycles. The van der Waals surface area contributed by atoms with Crippen LogP contribution in [0.2, 0.25) is 0 Å². The summed E-state index contributed by atoms with van der Waals surface area (Å²) in [6.07, 6.45) is 0. The molecule has 0 saturated carbocycles. The van der Waals surface area contributed by atoms with Crippen LogP contribution >= 0.6 is 22.7 Å². The number of carbonyl (C=O) groups excluding carboxylic acids is 1. The van der Waals surface area contributed by atoms with Gasteiger partial charge in [0.05, 0.1) is 10.6 Å². The highest BCUT2D eigenvalue weighted by molar-refractivity contribution is 7.22. The van der Waals surface area contributed by atoms with E-state index in [1.165, 1.54) is 11.3 Å². The number of thiophene rings is 1. The lowest BCUT2D eigenvalue weighted by Crippen LogP contribution is -2.29. The summed E-state index contributed by atoms with van der Waals surface area (Å²) in [6.45, 7) is 1.35. The van der Waals surface area contributed by atoms with E-state index in [1.807, 2.05) is 17.5 Å². The van der Waals surface area contributed by atoms with Crippen molar-refractivity contribution in [3.05, 3.63) is 28.1 Å². The molecule has 0 unspecified atom stereocenters. The molecule has 0 spiro atoms. The van der Waals surface area contributed by atoms with E-state index in [0.717, 1.165) is 9.88 Å². The topological polar surface area (TPSA) is 79.3 Å². The number of aliphatic carboxylic acids is 1. The molecule has 5 nitrogen and oxygen atoms in total. The number of thiazole rings is 1. The number of hydrogen-bond donors (Lipinski definition) is 2. The van der Waals surface area contributed by atoms with Crippen molar-refractivity contribution in [2.24, 2.45) is 0 Å². The van der Waals surface area contributed by atoms with E-state index in [1.54, 1.807) is 18.3 Å². The molecule has 0 aromatic carbocycles. The maximum atomic E-state index is 11.8. The highest BCUT2D eigenvalue weighted by Gasteiger charge is 2.16. The van der Waals surface area contributed by atoms with E-state index in [-0.39, 0.29) is 6.54 Å². The molecule has 2 heterocycles. The second kappa shape index (κ2) is 5.28. The van der Waals surface area contributed by atoms with Crippen LogP contribution in [-0.4, -0.2) is 28.5 Å². The SMILES string of the molecule is Cc1nc(-c2cccs2)sc1C(=O)NCC(=O)O. The summed E-state index contributed by atoms with van der Waals surface area (Å²) in [5.74, 6) is -1.46. The lowest BCUT2D eigenvalue weighted by atomic mass is 10.3. The second-order valence-corrected chi connectivity index (χ2v) is 5.43. The van der Waals surface area contributed by atoms with Crippen LogP contribution in [0.1, 0.15) is 15.4 Å². The zero-order valence-corrected chi connectivity index (χ0v) is 11.1. The first-order chi connectivity index (χ1) is 8.58. The normalized spacial score (nSPS) is 10.3. The third-order valence-corrected chi connectivity index (χ3v) is 4.33. The summed E-state index contributed by atoms with van der Waals surface area (Å²) in [6, 6.07) is 3.85. The molecule has 0 fully saturated rings. The first kappa shape index (κ1) is 12.7. The van der Waals surface area contributed by atoms with Crippen LogP contribution in [-0.2, 0) is 4.79 Å². The predicted molar refractivity (Wildman–Crippen MR) is 70.1 cm³/mol. The summed E-state index contributed by atoms with van der Waals surface area (Å²) >= 11 is 2.82. The first-order valence-electron chi connectivity index (χ1n) is 5.09. The van der Waals surface area contributed by atoms with Gasteiger partial charge < -0.3 is 10.4 Å². The van der Waals surface area contributed by atoms with Gasteiger partial charge in [0.25, 0.3) is 5.91 Å². The van der Waals surface area contributed by atoms with Gasteiger partial charge in [-0.2, -0.15) is 0 Å². The highest BCUT2D eigenvalue weighted by Crippen LogP contribution is 2.30. The van der Waals surface area contributed by atoms with E-state index < -0.39 is 11.9 Å². The molecule has 7 heteroatoms. The van der Waals surface area contributed by atoms with Gasteiger partial charge in [-0.3, -0.25) is 9.59 Å². The Bertz CT molecular complexity index is 575. The molecule has 2 rings (SSSR count). The first-order valence-corrected chi connectivity index (χ1v) is 6.79. The van der Waals surface area contributed by atoms with Crippen molar-refractivity contribution in [3.63, 3.8) is 0 Å². The summed E-state index contributed by atoms with van der Waals surface area (Å²) in [5, 5.41) is 13.6. The molecule has 2 aromatic heterocycles. The van der Waals surface area contributed by atoms with E-state index in [4.69, 9.17) is 5.11 Å². The molecule has 0 aliphatic rings. The van der Waals surface area contributed by atoms with Crippen molar-refractivity contribution in [1.82, 2.24) is 10.3 Å². The van der Waals surface area contributed by atoms with Gasteiger partial charge in [-0.25, -0.2) is 4.98 Å². The molecular weight excluding hydrogens is 272 g/mol. The number of carbonyl (C=O) groups is 2. The van der Waals surface area contributed by atoms with Gasteiger partial charge in [0.1, 0.15) is 16.4 Å². The number of aromatic nitrogens is 1. The van der Waals surface area contributed by atoms with Crippen LogP contribution in [0.25, 0.3) is 9.88 Å². The summed E-state index contributed by atoms with van der Waals surface area (Å²) < 4.78 is 0. The van der Waals surface area contributed by atoms with Crippen molar-refractivity contribution in [3.8, 4) is 9.88 Å². The number of rotatable bonds is 4. The van der Waals surface area contributed by atoms with Gasteiger partial charge in [0, 0.05) is 0 Å². The monoisotopic (exact) mass is 282 g/mol. The number of carboxylic acids is 1. The molecule has 0 aliphatic heterocycles. The number of carboxylic acid groups (broad SMARTS) is 1. The fourth-order valence-corrected chi connectivity index (χ4v) is 3.13. The maximum Gasteiger partial charge on any atom is 0.322 e. The van der Waals surface area contributed by atoms with Crippen molar-refractivity contribution >= 4 is 34.6 Å². The highest BCUT2D eigenvalue weighted by atomic mass is 32.1.